The Bertz CT molecular complexity index is 218. The van der Waals surface area contributed by atoms with Crippen LogP contribution in [-0.4, -0.2) is 0 Å². The standard InChI is InChI=1S/C13H22/c1-5-6-9-12-11(2)8-7-10-13(12,3)4/h5H,1,6-10H2,2-4H3. The highest BCUT2D eigenvalue weighted by atomic mass is 14.3. The fourth-order valence-electron chi connectivity index (χ4n) is 2.47. The van der Waals surface area contributed by atoms with E-state index >= 15 is 0 Å². The SMILES string of the molecule is C=CCCC1=C(C)CCCC1(C)C. The van der Waals surface area contributed by atoms with Gasteiger partial charge in [-0.2, -0.15) is 0 Å². The van der Waals surface area contributed by atoms with Gasteiger partial charge in [0.1, 0.15) is 0 Å². The van der Waals surface area contributed by atoms with E-state index in [-0.39, 0.29) is 0 Å². The van der Waals surface area contributed by atoms with Crippen molar-refractivity contribution in [3.8, 4) is 0 Å². The second-order valence-corrected chi connectivity index (χ2v) is 4.82. The maximum absolute atomic E-state index is 3.80. The van der Waals surface area contributed by atoms with Gasteiger partial charge in [0.25, 0.3) is 0 Å². The van der Waals surface area contributed by atoms with Crippen molar-refractivity contribution < 1.29 is 0 Å². The molecule has 0 saturated heterocycles. The molecule has 1 aliphatic carbocycles. The minimum absolute atomic E-state index is 0.450. The first-order chi connectivity index (χ1) is 6.08. The normalized spacial score (nSPS) is 21.8. The zero-order valence-electron chi connectivity index (χ0n) is 9.32. The van der Waals surface area contributed by atoms with Crippen molar-refractivity contribution in [3.63, 3.8) is 0 Å². The molecule has 13 heavy (non-hydrogen) atoms. The smallest absolute Gasteiger partial charge is 0.0142 e. The molecule has 0 saturated carbocycles. The van der Waals surface area contributed by atoms with Crippen molar-refractivity contribution in [2.45, 2.75) is 52.9 Å². The Balaban J connectivity index is 2.78. The first-order valence-electron chi connectivity index (χ1n) is 5.38. The van der Waals surface area contributed by atoms with Gasteiger partial charge in [0.05, 0.1) is 0 Å². The van der Waals surface area contributed by atoms with E-state index in [0.717, 1.165) is 6.42 Å². The van der Waals surface area contributed by atoms with E-state index in [1.54, 1.807) is 11.1 Å². The molecule has 0 N–H and O–H groups in total. The Morgan fingerprint density at radius 1 is 1.46 bits per heavy atom. The summed E-state index contributed by atoms with van der Waals surface area (Å²) >= 11 is 0. The van der Waals surface area contributed by atoms with Gasteiger partial charge in [-0.1, -0.05) is 31.1 Å². The van der Waals surface area contributed by atoms with Crippen molar-refractivity contribution in [2.24, 2.45) is 5.41 Å². The quantitative estimate of drug-likeness (QED) is 0.559. The van der Waals surface area contributed by atoms with Crippen molar-refractivity contribution >= 4 is 0 Å². The largest absolute Gasteiger partial charge is 0.103 e. The molecule has 0 heteroatoms. The maximum atomic E-state index is 3.80. The van der Waals surface area contributed by atoms with Crippen molar-refractivity contribution in [1.82, 2.24) is 0 Å². The average Bonchev–Trinajstić information content (AvgIpc) is 2.02. The van der Waals surface area contributed by atoms with Crippen molar-refractivity contribution in [2.75, 3.05) is 0 Å². The third-order valence-corrected chi connectivity index (χ3v) is 3.28. The molecule has 0 unspecified atom stereocenters. The Hall–Kier alpha value is -0.520. The van der Waals surface area contributed by atoms with E-state index in [2.05, 4.69) is 27.4 Å². The van der Waals surface area contributed by atoms with E-state index in [4.69, 9.17) is 0 Å². The van der Waals surface area contributed by atoms with Gasteiger partial charge in [0.15, 0.2) is 0 Å². The molecule has 0 heterocycles. The van der Waals surface area contributed by atoms with Crippen molar-refractivity contribution in [1.29, 1.82) is 0 Å². The zero-order chi connectivity index (χ0) is 9.90. The second kappa shape index (κ2) is 4.13. The summed E-state index contributed by atoms with van der Waals surface area (Å²) in [5.74, 6) is 0. The average molecular weight is 178 g/mol. The first kappa shape index (κ1) is 10.6. The van der Waals surface area contributed by atoms with Gasteiger partial charge >= 0.3 is 0 Å². The lowest BCUT2D eigenvalue weighted by molar-refractivity contribution is 0.355. The molecule has 0 radical (unpaired) electrons. The van der Waals surface area contributed by atoms with Crippen molar-refractivity contribution in [3.05, 3.63) is 23.8 Å². The molecule has 0 aromatic carbocycles. The van der Waals surface area contributed by atoms with Crippen LogP contribution in [0.25, 0.3) is 0 Å². The van der Waals surface area contributed by atoms with Gasteiger partial charge in [-0.3, -0.25) is 0 Å². The minimum atomic E-state index is 0.450. The lowest BCUT2D eigenvalue weighted by atomic mass is 9.71. The van der Waals surface area contributed by atoms with Crippen LogP contribution in [0.5, 0.6) is 0 Å². The summed E-state index contributed by atoms with van der Waals surface area (Å²) in [6, 6.07) is 0. The predicted molar refractivity (Wildman–Crippen MR) is 59.8 cm³/mol. The lowest BCUT2D eigenvalue weighted by Crippen LogP contribution is -2.20. The molecule has 0 aromatic heterocycles. The molecule has 0 spiro atoms. The van der Waals surface area contributed by atoms with Crippen LogP contribution in [-0.2, 0) is 0 Å². The third-order valence-electron chi connectivity index (χ3n) is 3.28. The summed E-state index contributed by atoms with van der Waals surface area (Å²) in [4.78, 5) is 0. The number of allylic oxidation sites excluding steroid dienone is 3. The van der Waals surface area contributed by atoms with Crippen LogP contribution >= 0.6 is 0 Å². The fraction of sp³-hybridized carbons (Fsp3) is 0.692. The van der Waals surface area contributed by atoms with E-state index < -0.39 is 0 Å². The van der Waals surface area contributed by atoms with Gasteiger partial charge in [0.2, 0.25) is 0 Å². The van der Waals surface area contributed by atoms with E-state index in [1.807, 2.05) is 6.08 Å². The molecule has 1 aliphatic rings. The molecule has 0 bridgehead atoms. The molecular formula is C13H22. The summed E-state index contributed by atoms with van der Waals surface area (Å²) in [7, 11) is 0. The first-order valence-corrected chi connectivity index (χ1v) is 5.38. The Labute approximate surface area is 82.7 Å². The van der Waals surface area contributed by atoms with Crippen LogP contribution in [0.1, 0.15) is 52.9 Å². The molecule has 74 valence electrons. The monoisotopic (exact) mass is 178 g/mol. The van der Waals surface area contributed by atoms with Crippen LogP contribution in [0, 0.1) is 5.41 Å². The Morgan fingerprint density at radius 3 is 2.69 bits per heavy atom. The van der Waals surface area contributed by atoms with Crippen LogP contribution in [0.15, 0.2) is 23.8 Å². The minimum Gasteiger partial charge on any atom is -0.103 e. The maximum Gasteiger partial charge on any atom is -0.0142 e. The van der Waals surface area contributed by atoms with Gasteiger partial charge in [-0.25, -0.2) is 0 Å². The van der Waals surface area contributed by atoms with Crippen LogP contribution in [0.3, 0.4) is 0 Å². The van der Waals surface area contributed by atoms with Gasteiger partial charge in [0, 0.05) is 0 Å². The van der Waals surface area contributed by atoms with Crippen LogP contribution in [0.4, 0.5) is 0 Å². The second-order valence-electron chi connectivity index (χ2n) is 4.82. The van der Waals surface area contributed by atoms with Gasteiger partial charge in [-0.15, -0.1) is 6.58 Å². The summed E-state index contributed by atoms with van der Waals surface area (Å²) in [5, 5.41) is 0. The highest BCUT2D eigenvalue weighted by Gasteiger charge is 2.27. The molecule has 0 fully saturated rings. The molecule has 0 atom stereocenters. The molecule has 1 rings (SSSR count). The molecule has 0 nitrogen and oxygen atoms in total. The Kier molecular flexibility index (Phi) is 3.35. The molecule has 0 amide bonds. The van der Waals surface area contributed by atoms with E-state index in [9.17, 15) is 0 Å². The third kappa shape index (κ3) is 2.46. The highest BCUT2D eigenvalue weighted by Crippen LogP contribution is 2.42. The molecular weight excluding hydrogens is 156 g/mol. The summed E-state index contributed by atoms with van der Waals surface area (Å²) < 4.78 is 0. The Morgan fingerprint density at radius 2 is 2.15 bits per heavy atom. The summed E-state index contributed by atoms with van der Waals surface area (Å²) in [5.41, 5.74) is 3.78. The van der Waals surface area contributed by atoms with Crippen LogP contribution in [0.2, 0.25) is 0 Å². The van der Waals surface area contributed by atoms with E-state index in [0.29, 0.717) is 5.41 Å². The zero-order valence-corrected chi connectivity index (χ0v) is 9.32. The summed E-state index contributed by atoms with van der Waals surface area (Å²) in [6.07, 6.45) is 8.44. The number of hydrogen-bond acceptors (Lipinski definition) is 0. The van der Waals surface area contributed by atoms with E-state index in [1.165, 1.54) is 25.7 Å². The fourth-order valence-corrected chi connectivity index (χ4v) is 2.47. The summed E-state index contributed by atoms with van der Waals surface area (Å²) in [6.45, 7) is 10.9. The topological polar surface area (TPSA) is 0 Å². The lowest BCUT2D eigenvalue weighted by Gasteiger charge is -2.34. The number of rotatable bonds is 3. The molecule has 0 aromatic rings. The number of hydrogen-bond donors (Lipinski definition) is 0. The molecule has 0 aliphatic heterocycles. The predicted octanol–water partition coefficient (Wildman–Crippen LogP) is 4.48. The van der Waals surface area contributed by atoms with Gasteiger partial charge in [-0.05, 0) is 44.4 Å². The van der Waals surface area contributed by atoms with Crippen LogP contribution < -0.4 is 0 Å². The highest BCUT2D eigenvalue weighted by molar-refractivity contribution is 5.22. The van der Waals surface area contributed by atoms with Gasteiger partial charge < -0.3 is 0 Å².